The summed E-state index contributed by atoms with van der Waals surface area (Å²) >= 11 is 3.16. The molecule has 4 rings (SSSR count). The number of fused-ring (bicyclic) bond motifs is 1. The van der Waals surface area contributed by atoms with Crippen molar-refractivity contribution in [2.75, 3.05) is 0 Å². The molecule has 0 atom stereocenters. The lowest BCUT2D eigenvalue weighted by Crippen LogP contribution is -2.20. The lowest BCUT2D eigenvalue weighted by molar-refractivity contribution is 0.765. The van der Waals surface area contributed by atoms with Gasteiger partial charge in [-0.1, -0.05) is 62.4 Å². The lowest BCUT2D eigenvalue weighted by atomic mass is 9.95. The third kappa shape index (κ3) is 3.84. The molecule has 2 aromatic heterocycles. The molecule has 5 heteroatoms. The molecule has 0 fully saturated rings. The summed E-state index contributed by atoms with van der Waals surface area (Å²) in [5, 5.41) is 5.10. The van der Waals surface area contributed by atoms with Crippen LogP contribution in [0.5, 0.6) is 0 Å². The van der Waals surface area contributed by atoms with Crippen molar-refractivity contribution in [1.82, 2.24) is 9.97 Å². The van der Waals surface area contributed by atoms with Crippen LogP contribution in [0.1, 0.15) is 36.6 Å². The average Bonchev–Trinajstić information content (AvgIpc) is 3.14. The monoisotopic (exact) mass is 392 g/mol. The number of aromatic nitrogens is 2. The molecule has 1 N–H and O–H groups in total. The van der Waals surface area contributed by atoms with Gasteiger partial charge in [-0.25, -0.2) is 4.98 Å². The number of benzene rings is 2. The summed E-state index contributed by atoms with van der Waals surface area (Å²) in [6.45, 7) is 4.09. The van der Waals surface area contributed by atoms with Crippen LogP contribution in [0, 0.1) is 0 Å². The highest BCUT2D eigenvalue weighted by molar-refractivity contribution is 8.01. The molecule has 0 aliphatic carbocycles. The van der Waals surface area contributed by atoms with E-state index in [1.54, 1.807) is 11.3 Å². The van der Waals surface area contributed by atoms with Crippen molar-refractivity contribution < 1.29 is 0 Å². The van der Waals surface area contributed by atoms with Gasteiger partial charge in [-0.2, -0.15) is 0 Å². The van der Waals surface area contributed by atoms with Crippen molar-refractivity contribution in [3.05, 3.63) is 87.2 Å². The minimum absolute atomic E-state index is 0.0331. The molecule has 2 aromatic carbocycles. The third-order valence-electron chi connectivity index (χ3n) is 4.52. The van der Waals surface area contributed by atoms with Gasteiger partial charge in [0.1, 0.15) is 0 Å². The quantitative estimate of drug-likeness (QED) is 0.433. The van der Waals surface area contributed by atoms with Gasteiger partial charge >= 0.3 is 0 Å². The van der Waals surface area contributed by atoms with E-state index >= 15 is 0 Å². The predicted octanol–water partition coefficient (Wildman–Crippen LogP) is 5.85. The number of H-pyrrole nitrogens is 1. The Morgan fingerprint density at radius 3 is 2.67 bits per heavy atom. The third-order valence-corrected chi connectivity index (χ3v) is 6.44. The topological polar surface area (TPSA) is 45.8 Å². The number of rotatable bonds is 5. The van der Waals surface area contributed by atoms with E-state index in [9.17, 15) is 4.79 Å². The SMILES string of the molecule is CC(C)c1c(Cc2cccc3ccccc23)nc(Sc2cccs2)[nH]c1=O. The van der Waals surface area contributed by atoms with Crippen LogP contribution in [0.25, 0.3) is 10.8 Å². The minimum Gasteiger partial charge on any atom is -0.301 e. The van der Waals surface area contributed by atoms with Crippen LogP contribution in [0.4, 0.5) is 0 Å². The van der Waals surface area contributed by atoms with Gasteiger partial charge in [0, 0.05) is 12.0 Å². The molecule has 27 heavy (non-hydrogen) atoms. The molecule has 0 saturated carbocycles. The van der Waals surface area contributed by atoms with Gasteiger partial charge in [0.2, 0.25) is 0 Å². The molecule has 0 spiro atoms. The first kappa shape index (κ1) is 18.0. The molecular weight excluding hydrogens is 372 g/mol. The maximum atomic E-state index is 12.8. The molecule has 0 aliphatic heterocycles. The summed E-state index contributed by atoms with van der Waals surface area (Å²) in [5.74, 6) is 0.118. The van der Waals surface area contributed by atoms with Crippen LogP contribution in [0.3, 0.4) is 0 Å². The van der Waals surface area contributed by atoms with E-state index in [2.05, 4.69) is 41.4 Å². The number of aromatic amines is 1. The Labute approximate surface area is 166 Å². The minimum atomic E-state index is -0.0331. The molecule has 0 bridgehead atoms. The summed E-state index contributed by atoms with van der Waals surface area (Å²) in [7, 11) is 0. The van der Waals surface area contributed by atoms with Crippen LogP contribution in [0.15, 0.2) is 74.1 Å². The highest BCUT2D eigenvalue weighted by atomic mass is 32.2. The molecule has 4 aromatic rings. The second-order valence-corrected chi connectivity index (χ2v) is 8.97. The van der Waals surface area contributed by atoms with E-state index in [1.807, 2.05) is 37.4 Å². The maximum absolute atomic E-state index is 12.8. The molecule has 0 radical (unpaired) electrons. The fourth-order valence-electron chi connectivity index (χ4n) is 3.33. The highest BCUT2D eigenvalue weighted by Crippen LogP contribution is 2.30. The largest absolute Gasteiger partial charge is 0.301 e. The smallest absolute Gasteiger partial charge is 0.255 e. The Balaban J connectivity index is 1.79. The molecule has 0 unspecified atom stereocenters. The van der Waals surface area contributed by atoms with Crippen molar-refractivity contribution >= 4 is 33.9 Å². The normalized spacial score (nSPS) is 11.4. The molecule has 2 heterocycles. The van der Waals surface area contributed by atoms with Crippen LogP contribution in [-0.2, 0) is 6.42 Å². The van der Waals surface area contributed by atoms with Gasteiger partial charge in [-0.15, -0.1) is 11.3 Å². The Hall–Kier alpha value is -2.37. The zero-order valence-electron chi connectivity index (χ0n) is 15.2. The lowest BCUT2D eigenvalue weighted by Gasteiger charge is -2.13. The summed E-state index contributed by atoms with van der Waals surface area (Å²) in [6.07, 6.45) is 0.650. The highest BCUT2D eigenvalue weighted by Gasteiger charge is 2.17. The fourth-order valence-corrected chi connectivity index (χ4v) is 5.01. The first-order valence-corrected chi connectivity index (χ1v) is 10.6. The summed E-state index contributed by atoms with van der Waals surface area (Å²) in [6, 6.07) is 18.7. The van der Waals surface area contributed by atoms with Gasteiger partial charge in [-0.3, -0.25) is 4.79 Å². The Bertz CT molecular complexity index is 1130. The molecule has 136 valence electrons. The second-order valence-electron chi connectivity index (χ2n) is 6.74. The molecule has 0 aliphatic rings. The fraction of sp³-hybridized carbons (Fsp3) is 0.182. The molecule has 3 nitrogen and oxygen atoms in total. The predicted molar refractivity (Wildman–Crippen MR) is 114 cm³/mol. The molecule has 0 saturated heterocycles. The van der Waals surface area contributed by atoms with E-state index in [-0.39, 0.29) is 11.5 Å². The second kappa shape index (κ2) is 7.71. The first-order valence-electron chi connectivity index (χ1n) is 8.93. The van der Waals surface area contributed by atoms with Crippen molar-refractivity contribution in [3.63, 3.8) is 0 Å². The van der Waals surface area contributed by atoms with Crippen molar-refractivity contribution in [2.24, 2.45) is 0 Å². The zero-order valence-corrected chi connectivity index (χ0v) is 16.9. The summed E-state index contributed by atoms with van der Waals surface area (Å²) < 4.78 is 1.12. The van der Waals surface area contributed by atoms with E-state index in [0.29, 0.717) is 11.6 Å². The molecular formula is C22H20N2OS2. The number of hydrogen-bond donors (Lipinski definition) is 1. The van der Waals surface area contributed by atoms with Crippen molar-refractivity contribution in [1.29, 1.82) is 0 Å². The van der Waals surface area contributed by atoms with E-state index in [4.69, 9.17) is 4.98 Å². The zero-order chi connectivity index (χ0) is 18.8. The van der Waals surface area contributed by atoms with Crippen LogP contribution >= 0.6 is 23.1 Å². The Morgan fingerprint density at radius 2 is 1.89 bits per heavy atom. The van der Waals surface area contributed by atoms with Crippen molar-refractivity contribution in [2.45, 2.75) is 35.6 Å². The van der Waals surface area contributed by atoms with Gasteiger partial charge < -0.3 is 4.98 Å². The van der Waals surface area contributed by atoms with Crippen LogP contribution in [0.2, 0.25) is 0 Å². The van der Waals surface area contributed by atoms with Crippen LogP contribution < -0.4 is 5.56 Å². The summed E-state index contributed by atoms with van der Waals surface area (Å²) in [4.78, 5) is 20.6. The van der Waals surface area contributed by atoms with Crippen LogP contribution in [-0.4, -0.2) is 9.97 Å². The number of nitrogens with zero attached hydrogens (tertiary/aromatic N) is 1. The van der Waals surface area contributed by atoms with Crippen molar-refractivity contribution in [3.8, 4) is 0 Å². The standard InChI is InChI=1S/C22H20N2OS2/c1-14(2)20-18(13-16-9-5-8-15-7-3-4-10-17(15)16)23-22(24-21(20)25)27-19-11-6-12-26-19/h3-12,14H,13H2,1-2H3,(H,23,24,25). The van der Waals surface area contributed by atoms with Gasteiger partial charge in [0.15, 0.2) is 5.16 Å². The first-order chi connectivity index (χ1) is 13.1. The number of thiophene rings is 1. The maximum Gasteiger partial charge on any atom is 0.255 e. The van der Waals surface area contributed by atoms with E-state index < -0.39 is 0 Å². The molecule has 0 amide bonds. The van der Waals surface area contributed by atoms with E-state index in [1.165, 1.54) is 28.1 Å². The average molecular weight is 393 g/mol. The van der Waals surface area contributed by atoms with Gasteiger partial charge in [0.25, 0.3) is 5.56 Å². The number of nitrogens with one attached hydrogen (secondary N) is 1. The van der Waals surface area contributed by atoms with E-state index in [0.717, 1.165) is 15.5 Å². The van der Waals surface area contributed by atoms with Gasteiger partial charge in [-0.05, 0) is 45.5 Å². The summed E-state index contributed by atoms with van der Waals surface area (Å²) in [5.41, 5.74) is 2.80. The Morgan fingerprint density at radius 1 is 1.07 bits per heavy atom. The number of hydrogen-bond acceptors (Lipinski definition) is 4. The van der Waals surface area contributed by atoms with Gasteiger partial charge in [0.05, 0.1) is 9.90 Å². The Kier molecular flexibility index (Phi) is 5.14.